The van der Waals surface area contributed by atoms with Crippen LogP contribution in [0.4, 0.5) is 4.39 Å². The van der Waals surface area contributed by atoms with E-state index >= 15 is 0 Å². The van der Waals surface area contributed by atoms with Crippen molar-refractivity contribution >= 4 is 21.6 Å². The number of nitrogens with zero attached hydrogens (tertiary/aromatic N) is 1. The van der Waals surface area contributed by atoms with Gasteiger partial charge >= 0.3 is 0 Å². The maximum Gasteiger partial charge on any atom is 0.214 e. The third-order valence-electron chi connectivity index (χ3n) is 3.14. The van der Waals surface area contributed by atoms with E-state index in [0.717, 1.165) is 6.07 Å². The minimum atomic E-state index is -3.51. The minimum Gasteiger partial charge on any atom is -0.387 e. The first-order valence-corrected chi connectivity index (χ1v) is 7.63. The summed E-state index contributed by atoms with van der Waals surface area (Å²) in [5.41, 5.74) is 0.419. The predicted molar refractivity (Wildman–Crippen MR) is 69.7 cm³/mol. The Morgan fingerprint density at radius 1 is 1.53 bits per heavy atom. The van der Waals surface area contributed by atoms with E-state index in [1.54, 1.807) is 4.90 Å². The molecule has 1 heterocycles. The van der Waals surface area contributed by atoms with Crippen molar-refractivity contribution in [2.75, 3.05) is 19.6 Å². The van der Waals surface area contributed by atoms with Crippen LogP contribution in [0.3, 0.4) is 0 Å². The largest absolute Gasteiger partial charge is 0.387 e. The van der Waals surface area contributed by atoms with Gasteiger partial charge in [0.05, 0.1) is 6.10 Å². The monoisotopic (exact) mass is 308 g/mol. The molecule has 0 amide bonds. The molecule has 1 fully saturated rings. The Balaban J connectivity index is 1.94. The van der Waals surface area contributed by atoms with Crippen LogP contribution >= 0.6 is 11.6 Å². The molecule has 0 bridgehead atoms. The summed E-state index contributed by atoms with van der Waals surface area (Å²) in [5, 5.41) is 14.6. The fourth-order valence-corrected chi connectivity index (χ4v) is 3.12. The second-order valence-corrected chi connectivity index (χ2v) is 6.86. The number of hydrogen-bond acceptors (Lipinski definition) is 4. The standard InChI is InChI=1S/C11H14ClFN2O3S/c12-10-3-7(13)1-2-9(10)11(16)6-15-4-8(5-15)19(14,17)18/h1-3,8,11,16H,4-6H2,(H2,14,17,18). The van der Waals surface area contributed by atoms with Crippen molar-refractivity contribution in [1.29, 1.82) is 0 Å². The molecule has 1 unspecified atom stereocenters. The van der Waals surface area contributed by atoms with Gasteiger partial charge in [0.1, 0.15) is 11.1 Å². The second kappa shape index (κ2) is 5.34. The van der Waals surface area contributed by atoms with E-state index in [4.69, 9.17) is 16.7 Å². The Kier molecular flexibility index (Phi) is 4.12. The Morgan fingerprint density at radius 3 is 2.68 bits per heavy atom. The first-order chi connectivity index (χ1) is 8.77. The molecule has 1 aromatic carbocycles. The fourth-order valence-electron chi connectivity index (χ4n) is 1.99. The highest BCUT2D eigenvalue weighted by Gasteiger charge is 2.36. The topological polar surface area (TPSA) is 83.6 Å². The van der Waals surface area contributed by atoms with E-state index in [0.29, 0.717) is 5.56 Å². The predicted octanol–water partition coefficient (Wildman–Crippen LogP) is 0.485. The van der Waals surface area contributed by atoms with Crippen molar-refractivity contribution in [1.82, 2.24) is 4.90 Å². The van der Waals surface area contributed by atoms with Crippen molar-refractivity contribution in [2.45, 2.75) is 11.4 Å². The zero-order chi connectivity index (χ0) is 14.2. The smallest absolute Gasteiger partial charge is 0.214 e. The molecular formula is C11H14ClFN2O3S. The molecule has 5 nitrogen and oxygen atoms in total. The van der Waals surface area contributed by atoms with E-state index in [9.17, 15) is 17.9 Å². The van der Waals surface area contributed by atoms with Crippen molar-refractivity contribution in [3.63, 3.8) is 0 Å². The number of nitrogens with two attached hydrogens (primary N) is 1. The van der Waals surface area contributed by atoms with Crippen molar-refractivity contribution < 1.29 is 17.9 Å². The lowest BCUT2D eigenvalue weighted by atomic mass is 10.1. The van der Waals surface area contributed by atoms with Gasteiger partial charge in [0, 0.05) is 30.2 Å². The molecule has 1 saturated heterocycles. The normalized spacial score (nSPS) is 19.2. The van der Waals surface area contributed by atoms with Crippen LogP contribution in [0.15, 0.2) is 18.2 Å². The molecule has 0 radical (unpaired) electrons. The molecular weight excluding hydrogens is 295 g/mol. The summed E-state index contributed by atoms with van der Waals surface area (Å²) < 4.78 is 34.9. The minimum absolute atomic E-state index is 0.149. The van der Waals surface area contributed by atoms with Crippen LogP contribution in [-0.2, 0) is 10.0 Å². The summed E-state index contributed by atoms with van der Waals surface area (Å²) in [4.78, 5) is 1.75. The first-order valence-electron chi connectivity index (χ1n) is 5.64. The summed E-state index contributed by atoms with van der Waals surface area (Å²) in [6.07, 6.45) is -0.894. The van der Waals surface area contributed by atoms with E-state index in [1.807, 2.05) is 0 Å². The Labute approximate surface area is 115 Å². The molecule has 0 aromatic heterocycles. The van der Waals surface area contributed by atoms with E-state index < -0.39 is 27.2 Å². The SMILES string of the molecule is NS(=O)(=O)C1CN(CC(O)c2ccc(F)cc2Cl)C1. The summed E-state index contributed by atoms with van der Waals surface area (Å²) in [5.74, 6) is -0.473. The van der Waals surface area contributed by atoms with Crippen LogP contribution in [0.2, 0.25) is 5.02 Å². The van der Waals surface area contributed by atoms with Gasteiger partial charge in [0.25, 0.3) is 0 Å². The molecule has 1 aromatic rings. The number of hydrogen-bond donors (Lipinski definition) is 2. The molecule has 8 heteroatoms. The highest BCUT2D eigenvalue weighted by molar-refractivity contribution is 7.89. The van der Waals surface area contributed by atoms with Gasteiger partial charge in [-0.1, -0.05) is 17.7 Å². The maximum atomic E-state index is 12.9. The lowest BCUT2D eigenvalue weighted by Crippen LogP contribution is -2.57. The number of sulfonamides is 1. The van der Waals surface area contributed by atoms with Gasteiger partial charge in [0.2, 0.25) is 10.0 Å². The Hall–Kier alpha value is -0.730. The van der Waals surface area contributed by atoms with Crippen LogP contribution in [-0.4, -0.2) is 43.3 Å². The van der Waals surface area contributed by atoms with Gasteiger partial charge in [-0.05, 0) is 12.1 Å². The molecule has 1 atom stereocenters. The number of halogens is 2. The average Bonchev–Trinajstić information content (AvgIpc) is 2.20. The van der Waals surface area contributed by atoms with E-state index in [-0.39, 0.29) is 24.7 Å². The molecule has 2 rings (SSSR count). The van der Waals surface area contributed by atoms with Gasteiger partial charge < -0.3 is 5.11 Å². The summed E-state index contributed by atoms with van der Waals surface area (Å²) in [6, 6.07) is 3.76. The van der Waals surface area contributed by atoms with Crippen LogP contribution in [0.5, 0.6) is 0 Å². The molecule has 0 aliphatic carbocycles. The zero-order valence-corrected chi connectivity index (χ0v) is 11.5. The van der Waals surface area contributed by atoms with Gasteiger partial charge in [0.15, 0.2) is 0 Å². The number of benzene rings is 1. The highest BCUT2D eigenvalue weighted by atomic mass is 35.5. The average molecular weight is 309 g/mol. The number of primary sulfonamides is 1. The van der Waals surface area contributed by atoms with Crippen LogP contribution in [0.1, 0.15) is 11.7 Å². The van der Waals surface area contributed by atoms with Gasteiger partial charge in [-0.15, -0.1) is 0 Å². The first kappa shape index (κ1) is 14.7. The van der Waals surface area contributed by atoms with Crippen molar-refractivity contribution in [3.05, 3.63) is 34.6 Å². The molecule has 1 aliphatic heterocycles. The summed E-state index contributed by atoms with van der Waals surface area (Å²) in [7, 11) is -3.51. The molecule has 0 spiro atoms. The molecule has 19 heavy (non-hydrogen) atoms. The summed E-state index contributed by atoms with van der Waals surface area (Å²) in [6.45, 7) is 0.806. The van der Waals surface area contributed by atoms with Gasteiger partial charge in [-0.25, -0.2) is 17.9 Å². The number of likely N-dealkylation sites (tertiary alicyclic amines) is 1. The quantitative estimate of drug-likeness (QED) is 0.847. The van der Waals surface area contributed by atoms with Crippen LogP contribution in [0.25, 0.3) is 0 Å². The maximum absolute atomic E-state index is 12.9. The lowest BCUT2D eigenvalue weighted by molar-refractivity contribution is 0.0808. The van der Waals surface area contributed by atoms with Gasteiger partial charge in [-0.2, -0.15) is 0 Å². The van der Waals surface area contributed by atoms with E-state index in [1.165, 1.54) is 12.1 Å². The number of rotatable bonds is 4. The highest BCUT2D eigenvalue weighted by Crippen LogP contribution is 2.26. The summed E-state index contributed by atoms with van der Waals surface area (Å²) >= 11 is 5.84. The third kappa shape index (κ3) is 3.43. The number of aliphatic hydroxyl groups excluding tert-OH is 1. The molecule has 0 saturated carbocycles. The van der Waals surface area contributed by atoms with Crippen molar-refractivity contribution in [3.8, 4) is 0 Å². The number of β-amino-alcohol motifs (C(OH)–C–C–N with tert-alkyl or cyclic N) is 1. The zero-order valence-electron chi connectivity index (χ0n) is 9.96. The molecule has 3 N–H and O–H groups in total. The van der Waals surface area contributed by atoms with Crippen LogP contribution < -0.4 is 5.14 Å². The lowest BCUT2D eigenvalue weighted by Gasteiger charge is -2.38. The Bertz CT molecular complexity index is 575. The van der Waals surface area contributed by atoms with Crippen LogP contribution in [0, 0.1) is 5.82 Å². The third-order valence-corrected chi connectivity index (χ3v) is 4.70. The Morgan fingerprint density at radius 2 is 2.16 bits per heavy atom. The van der Waals surface area contributed by atoms with Crippen molar-refractivity contribution in [2.24, 2.45) is 5.14 Å². The fraction of sp³-hybridized carbons (Fsp3) is 0.455. The van der Waals surface area contributed by atoms with Gasteiger partial charge in [-0.3, -0.25) is 4.90 Å². The number of aliphatic hydroxyl groups is 1. The molecule has 106 valence electrons. The molecule has 1 aliphatic rings. The second-order valence-electron chi connectivity index (χ2n) is 4.61. The van der Waals surface area contributed by atoms with E-state index in [2.05, 4.69) is 0 Å².